The van der Waals surface area contributed by atoms with Crippen molar-refractivity contribution in [1.82, 2.24) is 14.0 Å². The second-order valence-corrected chi connectivity index (χ2v) is 9.73. The van der Waals surface area contributed by atoms with Crippen LogP contribution in [0.1, 0.15) is 12.8 Å². The highest BCUT2D eigenvalue weighted by molar-refractivity contribution is 7.92. The van der Waals surface area contributed by atoms with E-state index in [2.05, 4.69) is 4.72 Å². The SMILES string of the molecule is Cn1c(=O)n(CC(=O)N2CCCC2)c(=O)c2cc(S(=O)(=O)Nc3ccc(Cl)cc3)ccc21. The topological polar surface area (TPSA) is 110 Å². The number of halogens is 1. The van der Waals surface area contributed by atoms with Gasteiger partial charge < -0.3 is 4.90 Å². The van der Waals surface area contributed by atoms with Crippen LogP contribution in [0.4, 0.5) is 5.69 Å². The highest BCUT2D eigenvalue weighted by atomic mass is 35.5. The molecule has 0 aliphatic carbocycles. The Kier molecular flexibility index (Phi) is 5.83. The van der Waals surface area contributed by atoms with Gasteiger partial charge in [0.15, 0.2) is 0 Å². The Labute approximate surface area is 188 Å². The molecule has 0 bridgehead atoms. The number of rotatable bonds is 5. The molecule has 0 saturated carbocycles. The fourth-order valence-corrected chi connectivity index (χ4v) is 4.95. The molecule has 1 aliphatic heterocycles. The number of carbonyl (C=O) groups is 1. The second kappa shape index (κ2) is 8.44. The van der Waals surface area contributed by atoms with E-state index in [1.807, 2.05) is 0 Å². The molecule has 1 fully saturated rings. The Morgan fingerprint density at radius 2 is 1.72 bits per heavy atom. The van der Waals surface area contributed by atoms with Gasteiger partial charge in [0.05, 0.1) is 15.8 Å². The first kappa shape index (κ1) is 22.1. The number of anilines is 1. The van der Waals surface area contributed by atoms with E-state index in [9.17, 15) is 22.8 Å². The number of nitrogens with zero attached hydrogens (tertiary/aromatic N) is 3. The molecule has 0 unspecified atom stereocenters. The maximum absolute atomic E-state index is 13.1. The highest BCUT2D eigenvalue weighted by Gasteiger charge is 2.22. The minimum atomic E-state index is -4.01. The average Bonchev–Trinajstić information content (AvgIpc) is 3.31. The molecule has 1 aliphatic rings. The summed E-state index contributed by atoms with van der Waals surface area (Å²) in [6.07, 6.45) is 1.77. The van der Waals surface area contributed by atoms with Crippen molar-refractivity contribution < 1.29 is 13.2 Å². The first-order valence-corrected chi connectivity index (χ1v) is 11.8. The lowest BCUT2D eigenvalue weighted by Gasteiger charge is -2.17. The summed E-state index contributed by atoms with van der Waals surface area (Å²) in [6, 6.07) is 10.1. The van der Waals surface area contributed by atoms with Crippen LogP contribution in [0, 0.1) is 0 Å². The lowest BCUT2D eigenvalue weighted by atomic mass is 10.2. The van der Waals surface area contributed by atoms with Crippen molar-refractivity contribution in [2.75, 3.05) is 17.8 Å². The smallest absolute Gasteiger partial charge is 0.331 e. The largest absolute Gasteiger partial charge is 0.341 e. The minimum absolute atomic E-state index is 0.0281. The van der Waals surface area contributed by atoms with Crippen LogP contribution in [0.25, 0.3) is 10.9 Å². The Morgan fingerprint density at radius 3 is 2.38 bits per heavy atom. The third-order valence-corrected chi connectivity index (χ3v) is 7.11. The summed E-state index contributed by atoms with van der Waals surface area (Å²) in [4.78, 5) is 39.8. The number of aromatic nitrogens is 2. The summed E-state index contributed by atoms with van der Waals surface area (Å²) < 4.78 is 30.2. The summed E-state index contributed by atoms with van der Waals surface area (Å²) in [6.45, 7) is 0.807. The lowest BCUT2D eigenvalue weighted by molar-refractivity contribution is -0.130. The molecule has 3 aromatic rings. The number of nitrogens with one attached hydrogen (secondary N) is 1. The molecule has 2 aromatic carbocycles. The summed E-state index contributed by atoms with van der Waals surface area (Å²) in [5, 5.41) is 0.490. The van der Waals surface area contributed by atoms with Crippen molar-refractivity contribution in [1.29, 1.82) is 0 Å². The molecule has 4 rings (SSSR count). The quantitative estimate of drug-likeness (QED) is 0.603. The van der Waals surface area contributed by atoms with Gasteiger partial charge in [-0.3, -0.25) is 23.4 Å². The van der Waals surface area contributed by atoms with E-state index in [0.29, 0.717) is 23.8 Å². The third kappa shape index (κ3) is 4.15. The summed E-state index contributed by atoms with van der Waals surface area (Å²) in [5.41, 5.74) is -0.761. The normalized spacial score (nSPS) is 14.1. The van der Waals surface area contributed by atoms with Gasteiger partial charge in [-0.2, -0.15) is 0 Å². The van der Waals surface area contributed by atoms with Crippen molar-refractivity contribution in [3.63, 3.8) is 0 Å². The van der Waals surface area contributed by atoms with Crippen LogP contribution in [0.15, 0.2) is 56.9 Å². The van der Waals surface area contributed by atoms with E-state index in [4.69, 9.17) is 11.6 Å². The zero-order chi connectivity index (χ0) is 23.0. The molecule has 9 nitrogen and oxygen atoms in total. The van der Waals surface area contributed by atoms with Gasteiger partial charge in [-0.25, -0.2) is 13.2 Å². The Hall–Kier alpha value is -3.11. The van der Waals surface area contributed by atoms with Gasteiger partial charge in [-0.1, -0.05) is 11.6 Å². The number of sulfonamides is 1. The predicted molar refractivity (Wildman–Crippen MR) is 122 cm³/mol. The van der Waals surface area contributed by atoms with Crippen LogP contribution >= 0.6 is 11.6 Å². The molecule has 1 saturated heterocycles. The van der Waals surface area contributed by atoms with Gasteiger partial charge in [0.25, 0.3) is 15.6 Å². The first-order chi connectivity index (χ1) is 15.2. The van der Waals surface area contributed by atoms with E-state index in [0.717, 1.165) is 17.4 Å². The van der Waals surface area contributed by atoms with Gasteiger partial charge in [0.1, 0.15) is 6.54 Å². The first-order valence-electron chi connectivity index (χ1n) is 9.97. The number of hydrogen-bond donors (Lipinski definition) is 1. The number of amides is 1. The van der Waals surface area contributed by atoms with Gasteiger partial charge >= 0.3 is 5.69 Å². The molecule has 32 heavy (non-hydrogen) atoms. The molecule has 0 atom stereocenters. The zero-order valence-electron chi connectivity index (χ0n) is 17.2. The van der Waals surface area contributed by atoms with Gasteiger partial charge in [-0.05, 0) is 55.3 Å². The fraction of sp³-hybridized carbons (Fsp3) is 0.286. The molecular formula is C21H21ClN4O5S. The van der Waals surface area contributed by atoms with Gasteiger partial charge in [-0.15, -0.1) is 0 Å². The average molecular weight is 477 g/mol. The van der Waals surface area contributed by atoms with E-state index >= 15 is 0 Å². The standard InChI is InChI=1S/C21H21ClN4O5S/c1-24-18-9-8-16(32(30,31)23-15-6-4-14(22)5-7-15)12-17(18)20(28)26(21(24)29)13-19(27)25-10-2-3-11-25/h4-9,12,23H,2-3,10-11,13H2,1H3. The van der Waals surface area contributed by atoms with Crippen LogP contribution in [0.2, 0.25) is 5.02 Å². The molecule has 168 valence electrons. The van der Waals surface area contributed by atoms with Crippen LogP contribution in [0.5, 0.6) is 0 Å². The number of benzene rings is 2. The Bertz CT molecular complexity index is 1420. The predicted octanol–water partition coefficient (Wildman–Crippen LogP) is 1.78. The number of likely N-dealkylation sites (tertiary alicyclic amines) is 1. The van der Waals surface area contributed by atoms with Gasteiger partial charge in [0, 0.05) is 30.8 Å². The van der Waals surface area contributed by atoms with Gasteiger partial charge in [0.2, 0.25) is 5.91 Å². The van der Waals surface area contributed by atoms with Crippen molar-refractivity contribution in [3.05, 3.63) is 68.3 Å². The van der Waals surface area contributed by atoms with Crippen LogP contribution in [-0.2, 0) is 28.4 Å². The van der Waals surface area contributed by atoms with E-state index in [-0.39, 0.29) is 28.3 Å². The number of fused-ring (bicyclic) bond motifs is 1. The number of aryl methyl sites for hydroxylation is 1. The molecule has 0 radical (unpaired) electrons. The van der Waals surface area contributed by atoms with Crippen LogP contribution < -0.4 is 16.0 Å². The molecule has 1 aromatic heterocycles. The molecule has 1 amide bonds. The number of hydrogen-bond acceptors (Lipinski definition) is 5. The summed E-state index contributed by atoms with van der Waals surface area (Å²) in [5.74, 6) is -0.311. The van der Waals surface area contributed by atoms with Crippen molar-refractivity contribution in [2.45, 2.75) is 24.3 Å². The third-order valence-electron chi connectivity index (χ3n) is 5.48. The van der Waals surface area contributed by atoms with Crippen molar-refractivity contribution in [3.8, 4) is 0 Å². The second-order valence-electron chi connectivity index (χ2n) is 7.61. The summed E-state index contributed by atoms with van der Waals surface area (Å²) in [7, 11) is -2.54. The fourth-order valence-electron chi connectivity index (χ4n) is 3.74. The molecule has 1 N–H and O–H groups in total. The van der Waals surface area contributed by atoms with E-state index < -0.39 is 21.3 Å². The molecule has 11 heteroatoms. The Morgan fingerprint density at radius 1 is 1.06 bits per heavy atom. The van der Waals surface area contributed by atoms with E-state index in [1.54, 1.807) is 17.0 Å². The Balaban J connectivity index is 1.75. The lowest BCUT2D eigenvalue weighted by Crippen LogP contribution is -2.43. The van der Waals surface area contributed by atoms with E-state index in [1.165, 1.54) is 41.9 Å². The molecule has 2 heterocycles. The van der Waals surface area contributed by atoms with Crippen LogP contribution in [0.3, 0.4) is 0 Å². The maximum atomic E-state index is 13.1. The molecular weight excluding hydrogens is 456 g/mol. The summed E-state index contributed by atoms with van der Waals surface area (Å²) >= 11 is 5.83. The van der Waals surface area contributed by atoms with Crippen molar-refractivity contribution >= 4 is 44.1 Å². The zero-order valence-corrected chi connectivity index (χ0v) is 18.8. The maximum Gasteiger partial charge on any atom is 0.331 e. The highest BCUT2D eigenvalue weighted by Crippen LogP contribution is 2.20. The minimum Gasteiger partial charge on any atom is -0.341 e. The monoisotopic (exact) mass is 476 g/mol. The molecule has 0 spiro atoms. The van der Waals surface area contributed by atoms with Crippen LogP contribution in [-0.4, -0.2) is 41.4 Å². The number of carbonyl (C=O) groups excluding carboxylic acids is 1. The van der Waals surface area contributed by atoms with Crippen molar-refractivity contribution in [2.24, 2.45) is 7.05 Å².